The van der Waals surface area contributed by atoms with Gasteiger partial charge in [0, 0.05) is 17.2 Å². The largest absolute Gasteiger partial charge is 0.334 e. The molecule has 0 spiro atoms. The number of rotatable bonds is 7. The molecule has 1 heterocycles. The van der Waals surface area contributed by atoms with Gasteiger partial charge in [-0.25, -0.2) is 0 Å². The third-order valence-corrected chi connectivity index (χ3v) is 4.69. The van der Waals surface area contributed by atoms with Crippen molar-refractivity contribution in [2.45, 2.75) is 53.9 Å². The third kappa shape index (κ3) is 4.21. The van der Waals surface area contributed by atoms with Crippen LogP contribution in [0.15, 0.2) is 24.4 Å². The molecule has 124 valence electrons. The molecule has 4 heteroatoms. The van der Waals surface area contributed by atoms with E-state index in [1.54, 1.807) is 11.8 Å². The first kappa shape index (κ1) is 18.5. The Bertz CT molecular complexity index is 479. The van der Waals surface area contributed by atoms with Crippen LogP contribution in [-0.4, -0.2) is 23.4 Å². The summed E-state index contributed by atoms with van der Waals surface area (Å²) in [6.45, 7) is 18.1. The third-order valence-electron chi connectivity index (χ3n) is 4.69. The fourth-order valence-electron chi connectivity index (χ4n) is 3.06. The SMILES string of the molecule is C=C(C)C(=O)NCN1C(=C)CC(C(C)(C)CC(C)CC)C1=O. The Hall–Kier alpha value is -1.58. The molecule has 1 N–H and O–H groups in total. The molecule has 1 aliphatic heterocycles. The summed E-state index contributed by atoms with van der Waals surface area (Å²) in [6.07, 6.45) is 2.80. The van der Waals surface area contributed by atoms with Crippen LogP contribution in [0.1, 0.15) is 53.9 Å². The lowest BCUT2D eigenvalue weighted by molar-refractivity contribution is -0.134. The second-order valence-electron chi connectivity index (χ2n) is 7.24. The number of allylic oxidation sites excluding steroid dienone is 1. The van der Waals surface area contributed by atoms with Crippen molar-refractivity contribution in [3.63, 3.8) is 0 Å². The van der Waals surface area contributed by atoms with Crippen LogP contribution in [0, 0.1) is 17.3 Å². The molecule has 1 fully saturated rings. The molecular formula is C18H30N2O2. The van der Waals surface area contributed by atoms with E-state index in [0.717, 1.165) is 18.5 Å². The molecule has 2 amide bonds. The van der Waals surface area contributed by atoms with Crippen LogP contribution >= 0.6 is 0 Å². The van der Waals surface area contributed by atoms with Gasteiger partial charge in [-0.2, -0.15) is 0 Å². The predicted molar refractivity (Wildman–Crippen MR) is 89.8 cm³/mol. The van der Waals surface area contributed by atoms with Crippen LogP contribution in [0.4, 0.5) is 0 Å². The topological polar surface area (TPSA) is 49.4 Å². The van der Waals surface area contributed by atoms with E-state index in [-0.39, 0.29) is 29.8 Å². The molecule has 0 bridgehead atoms. The molecule has 0 radical (unpaired) electrons. The molecule has 0 aromatic rings. The number of hydrogen-bond acceptors (Lipinski definition) is 2. The van der Waals surface area contributed by atoms with Crippen molar-refractivity contribution in [1.29, 1.82) is 0 Å². The van der Waals surface area contributed by atoms with E-state index in [0.29, 0.717) is 17.9 Å². The van der Waals surface area contributed by atoms with E-state index in [4.69, 9.17) is 0 Å². The number of hydrogen-bond donors (Lipinski definition) is 1. The van der Waals surface area contributed by atoms with Crippen molar-refractivity contribution in [1.82, 2.24) is 10.2 Å². The number of carbonyl (C=O) groups excluding carboxylic acids is 2. The van der Waals surface area contributed by atoms with Gasteiger partial charge >= 0.3 is 0 Å². The van der Waals surface area contributed by atoms with Gasteiger partial charge in [-0.3, -0.25) is 14.5 Å². The Morgan fingerprint density at radius 2 is 2.09 bits per heavy atom. The lowest BCUT2D eigenvalue weighted by atomic mass is 9.71. The number of likely N-dealkylation sites (tertiary alicyclic amines) is 1. The standard InChI is InChI=1S/C18H30N2O2/c1-8-13(4)10-18(6,7)15-9-14(5)20(17(15)22)11-19-16(21)12(2)3/h13,15H,2,5,8-11H2,1,3-4,6-7H3,(H,19,21). The van der Waals surface area contributed by atoms with Crippen LogP contribution in [-0.2, 0) is 9.59 Å². The molecule has 0 aromatic heterocycles. The maximum atomic E-state index is 12.7. The van der Waals surface area contributed by atoms with Gasteiger partial charge in [0.15, 0.2) is 0 Å². The van der Waals surface area contributed by atoms with Crippen molar-refractivity contribution in [3.8, 4) is 0 Å². The van der Waals surface area contributed by atoms with Gasteiger partial charge in [-0.05, 0) is 31.1 Å². The lowest BCUT2D eigenvalue weighted by Crippen LogP contribution is -2.41. The highest BCUT2D eigenvalue weighted by Gasteiger charge is 2.44. The van der Waals surface area contributed by atoms with E-state index in [1.807, 2.05) is 0 Å². The number of amides is 2. The first-order valence-corrected chi connectivity index (χ1v) is 8.03. The zero-order valence-electron chi connectivity index (χ0n) is 14.7. The van der Waals surface area contributed by atoms with Crippen molar-refractivity contribution in [2.24, 2.45) is 17.3 Å². The van der Waals surface area contributed by atoms with E-state index in [2.05, 4.69) is 46.2 Å². The minimum Gasteiger partial charge on any atom is -0.334 e. The van der Waals surface area contributed by atoms with Crippen molar-refractivity contribution >= 4 is 11.8 Å². The molecule has 0 aromatic carbocycles. The molecule has 4 nitrogen and oxygen atoms in total. The van der Waals surface area contributed by atoms with Gasteiger partial charge in [0.05, 0.1) is 6.67 Å². The Morgan fingerprint density at radius 1 is 1.50 bits per heavy atom. The van der Waals surface area contributed by atoms with Crippen LogP contribution < -0.4 is 5.32 Å². The normalized spacial score (nSPS) is 20.2. The summed E-state index contributed by atoms with van der Waals surface area (Å²) in [5, 5.41) is 2.71. The minimum atomic E-state index is -0.233. The average Bonchev–Trinajstić information content (AvgIpc) is 2.71. The Labute approximate surface area is 134 Å². The molecular weight excluding hydrogens is 276 g/mol. The summed E-state index contributed by atoms with van der Waals surface area (Å²) >= 11 is 0. The van der Waals surface area contributed by atoms with Crippen LogP contribution in [0.3, 0.4) is 0 Å². The maximum absolute atomic E-state index is 12.7. The monoisotopic (exact) mass is 306 g/mol. The molecule has 1 aliphatic rings. The quantitative estimate of drug-likeness (QED) is 0.732. The van der Waals surface area contributed by atoms with Gasteiger partial charge in [0.25, 0.3) is 0 Å². The number of nitrogens with zero attached hydrogens (tertiary/aromatic N) is 1. The van der Waals surface area contributed by atoms with E-state index >= 15 is 0 Å². The van der Waals surface area contributed by atoms with E-state index in [9.17, 15) is 9.59 Å². The summed E-state index contributed by atoms with van der Waals surface area (Å²) in [5.41, 5.74) is 1.16. The molecule has 2 unspecified atom stereocenters. The smallest absolute Gasteiger partial charge is 0.247 e. The second-order valence-corrected chi connectivity index (χ2v) is 7.24. The molecule has 22 heavy (non-hydrogen) atoms. The average molecular weight is 306 g/mol. The summed E-state index contributed by atoms with van der Waals surface area (Å²) in [6, 6.07) is 0. The molecule has 1 rings (SSSR count). The summed E-state index contributed by atoms with van der Waals surface area (Å²) < 4.78 is 0. The van der Waals surface area contributed by atoms with Gasteiger partial charge in [-0.15, -0.1) is 0 Å². The van der Waals surface area contributed by atoms with Gasteiger partial charge in [0.1, 0.15) is 0 Å². The highest BCUT2D eigenvalue weighted by molar-refractivity contribution is 5.92. The number of carbonyl (C=O) groups is 2. The summed E-state index contributed by atoms with van der Waals surface area (Å²) in [4.78, 5) is 25.9. The highest BCUT2D eigenvalue weighted by Crippen LogP contribution is 2.43. The molecule has 0 saturated carbocycles. The fraction of sp³-hybridized carbons (Fsp3) is 0.667. The molecule has 1 saturated heterocycles. The van der Waals surface area contributed by atoms with Crippen LogP contribution in [0.5, 0.6) is 0 Å². The fourth-order valence-corrected chi connectivity index (χ4v) is 3.06. The highest BCUT2D eigenvalue weighted by atomic mass is 16.2. The molecule has 0 aliphatic carbocycles. The molecule has 2 atom stereocenters. The van der Waals surface area contributed by atoms with Gasteiger partial charge < -0.3 is 5.32 Å². The first-order valence-electron chi connectivity index (χ1n) is 8.03. The summed E-state index contributed by atoms with van der Waals surface area (Å²) in [5.74, 6) is 0.368. The van der Waals surface area contributed by atoms with Crippen LogP contribution in [0.2, 0.25) is 0 Å². The zero-order chi connectivity index (χ0) is 17.1. The Kier molecular flexibility index (Phi) is 5.98. The minimum absolute atomic E-state index is 0.0595. The second kappa shape index (κ2) is 7.12. The van der Waals surface area contributed by atoms with E-state index in [1.165, 1.54) is 0 Å². The first-order chi connectivity index (χ1) is 10.1. The number of nitrogens with one attached hydrogen (secondary N) is 1. The Balaban J connectivity index is 2.75. The predicted octanol–water partition coefficient (Wildman–Crippen LogP) is 3.46. The Morgan fingerprint density at radius 3 is 2.59 bits per heavy atom. The lowest BCUT2D eigenvalue weighted by Gasteiger charge is -2.32. The van der Waals surface area contributed by atoms with Crippen molar-refractivity contribution in [3.05, 3.63) is 24.4 Å². The zero-order valence-corrected chi connectivity index (χ0v) is 14.7. The maximum Gasteiger partial charge on any atom is 0.247 e. The van der Waals surface area contributed by atoms with Crippen molar-refractivity contribution in [2.75, 3.05) is 6.67 Å². The summed E-state index contributed by atoms with van der Waals surface area (Å²) in [7, 11) is 0. The van der Waals surface area contributed by atoms with Gasteiger partial charge in [-0.1, -0.05) is 47.3 Å². The van der Waals surface area contributed by atoms with Gasteiger partial charge in [0.2, 0.25) is 11.8 Å². The van der Waals surface area contributed by atoms with E-state index < -0.39 is 0 Å². The van der Waals surface area contributed by atoms with Crippen molar-refractivity contribution < 1.29 is 9.59 Å². The van der Waals surface area contributed by atoms with Crippen LogP contribution in [0.25, 0.3) is 0 Å².